The van der Waals surface area contributed by atoms with E-state index in [-0.39, 0.29) is 17.4 Å². The topological polar surface area (TPSA) is 56.6 Å². The number of aliphatic hydroxyl groups excluding tert-OH is 2. The summed E-state index contributed by atoms with van der Waals surface area (Å²) in [7, 11) is 0. The highest BCUT2D eigenvalue weighted by Crippen LogP contribution is 2.41. The molecule has 1 aromatic heterocycles. The first kappa shape index (κ1) is 16.6. The molecule has 134 valence electrons. The predicted molar refractivity (Wildman–Crippen MR) is 87.2 cm³/mol. The molecular formula is C18H19F3N2O2. The number of alkyl halides is 3. The zero-order valence-electron chi connectivity index (χ0n) is 13.4. The Balaban J connectivity index is 1.71. The normalized spacial score (nSPS) is 29.9. The molecule has 0 bridgehead atoms. The lowest BCUT2D eigenvalue weighted by Crippen LogP contribution is -2.38. The van der Waals surface area contributed by atoms with E-state index < -0.39 is 23.9 Å². The second-order valence-electron chi connectivity index (χ2n) is 7.06. The minimum atomic E-state index is -4.45. The van der Waals surface area contributed by atoms with Gasteiger partial charge in [0.15, 0.2) is 0 Å². The molecule has 2 heterocycles. The number of rotatable bonds is 1. The number of halogens is 3. The largest absolute Gasteiger partial charge is 0.418 e. The molecule has 0 unspecified atom stereocenters. The van der Waals surface area contributed by atoms with Crippen molar-refractivity contribution in [2.75, 3.05) is 18.0 Å². The lowest BCUT2D eigenvalue weighted by Gasteiger charge is -2.31. The van der Waals surface area contributed by atoms with Gasteiger partial charge in [-0.25, -0.2) is 0 Å². The van der Waals surface area contributed by atoms with E-state index in [0.29, 0.717) is 31.3 Å². The molecule has 4 nitrogen and oxygen atoms in total. The van der Waals surface area contributed by atoms with E-state index in [2.05, 4.69) is 9.88 Å². The maximum absolute atomic E-state index is 13.2. The van der Waals surface area contributed by atoms with Crippen molar-refractivity contribution >= 4 is 16.6 Å². The average Bonchev–Trinajstić information content (AvgIpc) is 2.95. The molecule has 2 aromatic rings. The summed E-state index contributed by atoms with van der Waals surface area (Å²) in [6.45, 7) is 1.34. The zero-order chi connectivity index (χ0) is 17.8. The Morgan fingerprint density at radius 1 is 1.00 bits per heavy atom. The number of aliphatic hydroxyl groups is 2. The molecule has 1 saturated carbocycles. The van der Waals surface area contributed by atoms with Gasteiger partial charge in [0.1, 0.15) is 0 Å². The summed E-state index contributed by atoms with van der Waals surface area (Å²) in [4.78, 5) is 6.03. The maximum atomic E-state index is 13.2. The fourth-order valence-electron chi connectivity index (χ4n) is 4.27. The molecule has 4 atom stereocenters. The van der Waals surface area contributed by atoms with E-state index >= 15 is 0 Å². The van der Waals surface area contributed by atoms with Crippen LogP contribution in [-0.4, -0.2) is 40.5 Å². The van der Waals surface area contributed by atoms with Crippen LogP contribution in [0.5, 0.6) is 0 Å². The van der Waals surface area contributed by atoms with Crippen LogP contribution < -0.4 is 4.90 Å². The summed E-state index contributed by atoms with van der Waals surface area (Å²) in [5.74, 6) is 0.486. The second-order valence-corrected chi connectivity index (χ2v) is 7.06. The molecule has 2 fully saturated rings. The molecule has 2 N–H and O–H groups in total. The number of nitrogens with zero attached hydrogens (tertiary/aromatic N) is 2. The Labute approximate surface area is 142 Å². The van der Waals surface area contributed by atoms with E-state index in [1.165, 1.54) is 12.3 Å². The number of pyridine rings is 1. The third kappa shape index (κ3) is 2.85. The number of hydrogen-bond acceptors (Lipinski definition) is 4. The van der Waals surface area contributed by atoms with Crippen molar-refractivity contribution in [3.63, 3.8) is 0 Å². The lowest BCUT2D eigenvalue weighted by molar-refractivity contribution is -0.136. The number of para-hydroxylation sites is 1. The summed E-state index contributed by atoms with van der Waals surface area (Å²) < 4.78 is 39.7. The van der Waals surface area contributed by atoms with Gasteiger partial charge in [-0.1, -0.05) is 12.1 Å². The van der Waals surface area contributed by atoms with E-state index in [1.54, 1.807) is 12.1 Å². The Kier molecular flexibility index (Phi) is 3.88. The van der Waals surface area contributed by atoms with Crippen molar-refractivity contribution in [3.8, 4) is 0 Å². The first-order valence-electron chi connectivity index (χ1n) is 8.40. The minimum absolute atomic E-state index is 0.0394. The fraction of sp³-hybridized carbons (Fsp3) is 0.500. The molecule has 7 heteroatoms. The molecule has 1 aliphatic carbocycles. The highest BCUT2D eigenvalue weighted by atomic mass is 19.4. The highest BCUT2D eigenvalue weighted by molar-refractivity contribution is 5.93. The molecular weight excluding hydrogens is 333 g/mol. The number of benzene rings is 1. The third-order valence-electron chi connectivity index (χ3n) is 5.50. The van der Waals surface area contributed by atoms with E-state index in [1.807, 2.05) is 0 Å². The molecule has 2 aliphatic rings. The van der Waals surface area contributed by atoms with Gasteiger partial charge in [0.05, 0.1) is 23.3 Å². The van der Waals surface area contributed by atoms with Crippen molar-refractivity contribution in [1.82, 2.24) is 4.98 Å². The summed E-state index contributed by atoms with van der Waals surface area (Å²) >= 11 is 0. The molecule has 0 radical (unpaired) electrons. The number of fused-ring (bicyclic) bond motifs is 2. The minimum Gasteiger partial charge on any atom is -0.390 e. The first-order valence-corrected chi connectivity index (χ1v) is 8.40. The van der Waals surface area contributed by atoms with Gasteiger partial charge in [-0.3, -0.25) is 4.98 Å². The zero-order valence-corrected chi connectivity index (χ0v) is 13.4. The SMILES string of the molecule is O[C@@H]1C[C@H]2CN(c3ccnc4c(C(F)(F)F)cccc34)C[C@H]2C[C@@H]1O. The molecule has 0 amide bonds. The molecule has 4 rings (SSSR count). The van der Waals surface area contributed by atoms with Gasteiger partial charge in [0, 0.05) is 30.4 Å². The predicted octanol–water partition coefficient (Wildman–Crippen LogP) is 2.82. The summed E-state index contributed by atoms with van der Waals surface area (Å²) in [5.41, 5.74) is -0.0359. The average molecular weight is 352 g/mol. The number of hydrogen-bond donors (Lipinski definition) is 2. The van der Waals surface area contributed by atoms with Gasteiger partial charge in [-0.15, -0.1) is 0 Å². The third-order valence-corrected chi connectivity index (χ3v) is 5.50. The van der Waals surface area contributed by atoms with Crippen LogP contribution in [0.15, 0.2) is 30.5 Å². The van der Waals surface area contributed by atoms with Gasteiger partial charge in [0.2, 0.25) is 0 Å². The number of anilines is 1. The molecule has 1 saturated heterocycles. The quantitative estimate of drug-likeness (QED) is 0.829. The Morgan fingerprint density at radius 2 is 1.64 bits per heavy atom. The number of aromatic nitrogens is 1. The highest BCUT2D eigenvalue weighted by Gasteiger charge is 2.41. The lowest BCUT2D eigenvalue weighted by atomic mass is 9.79. The Morgan fingerprint density at radius 3 is 2.24 bits per heavy atom. The molecule has 1 aliphatic heterocycles. The van der Waals surface area contributed by atoms with Gasteiger partial charge in [-0.2, -0.15) is 13.2 Å². The van der Waals surface area contributed by atoms with Gasteiger partial charge < -0.3 is 15.1 Å². The van der Waals surface area contributed by atoms with Crippen LogP contribution in [0.25, 0.3) is 10.9 Å². The van der Waals surface area contributed by atoms with Crippen LogP contribution in [0.4, 0.5) is 18.9 Å². The standard InChI is InChI=1S/C18H19F3N2O2/c19-18(20,21)13-3-1-2-12-14(4-5-22-17(12)13)23-8-10-6-15(24)16(25)7-11(10)9-23/h1-5,10-11,15-16,24-25H,6-9H2/t10-,11+,15+,16-. The fourth-order valence-corrected chi connectivity index (χ4v) is 4.27. The first-order chi connectivity index (χ1) is 11.8. The monoisotopic (exact) mass is 352 g/mol. The summed E-state index contributed by atoms with van der Waals surface area (Å²) in [5, 5.41) is 20.2. The van der Waals surface area contributed by atoms with Crippen molar-refractivity contribution < 1.29 is 23.4 Å². The smallest absolute Gasteiger partial charge is 0.390 e. The molecule has 0 spiro atoms. The van der Waals surface area contributed by atoms with Crippen LogP contribution in [0.3, 0.4) is 0 Å². The summed E-state index contributed by atoms with van der Waals surface area (Å²) in [6.07, 6.45) is -3.41. The Hall–Kier alpha value is -1.86. The van der Waals surface area contributed by atoms with Gasteiger partial charge in [0.25, 0.3) is 0 Å². The second kappa shape index (κ2) is 5.85. The van der Waals surface area contributed by atoms with Gasteiger partial charge in [-0.05, 0) is 36.8 Å². The van der Waals surface area contributed by atoms with Crippen LogP contribution >= 0.6 is 0 Å². The Bertz CT molecular complexity index is 777. The molecule has 1 aromatic carbocycles. The van der Waals surface area contributed by atoms with Crippen LogP contribution in [0, 0.1) is 11.8 Å². The van der Waals surface area contributed by atoms with Gasteiger partial charge >= 0.3 is 6.18 Å². The molecule has 25 heavy (non-hydrogen) atoms. The van der Waals surface area contributed by atoms with Crippen molar-refractivity contribution in [1.29, 1.82) is 0 Å². The van der Waals surface area contributed by atoms with E-state index in [4.69, 9.17) is 0 Å². The van der Waals surface area contributed by atoms with Crippen LogP contribution in [0.1, 0.15) is 18.4 Å². The summed E-state index contributed by atoms with van der Waals surface area (Å²) in [6, 6.07) is 5.87. The van der Waals surface area contributed by atoms with Crippen molar-refractivity contribution in [2.24, 2.45) is 11.8 Å². The van der Waals surface area contributed by atoms with Crippen molar-refractivity contribution in [2.45, 2.75) is 31.2 Å². The maximum Gasteiger partial charge on any atom is 0.418 e. The van der Waals surface area contributed by atoms with E-state index in [0.717, 1.165) is 11.8 Å². The van der Waals surface area contributed by atoms with E-state index in [9.17, 15) is 23.4 Å². The van der Waals surface area contributed by atoms with Crippen molar-refractivity contribution in [3.05, 3.63) is 36.0 Å². The van der Waals surface area contributed by atoms with Crippen LogP contribution in [-0.2, 0) is 6.18 Å². The van der Waals surface area contributed by atoms with Crippen LogP contribution in [0.2, 0.25) is 0 Å².